The van der Waals surface area contributed by atoms with Crippen LogP contribution in [0.2, 0.25) is 0 Å². The van der Waals surface area contributed by atoms with Crippen LogP contribution >= 0.6 is 12.2 Å². The minimum absolute atomic E-state index is 0.168. The smallest absolute Gasteiger partial charge is 0.258 e. The van der Waals surface area contributed by atoms with Crippen LogP contribution in [0.15, 0.2) is 83.5 Å². The van der Waals surface area contributed by atoms with Crippen LogP contribution in [0.3, 0.4) is 0 Å². The van der Waals surface area contributed by atoms with E-state index in [-0.39, 0.29) is 6.04 Å². The molecule has 0 fully saturated rings. The number of hydrogen-bond donors (Lipinski definition) is 1. The molecule has 2 aromatic carbocycles. The van der Waals surface area contributed by atoms with Crippen molar-refractivity contribution in [3.63, 3.8) is 0 Å². The van der Waals surface area contributed by atoms with Gasteiger partial charge in [-0.05, 0) is 24.7 Å². The highest BCUT2D eigenvalue weighted by Crippen LogP contribution is 2.37. The lowest BCUT2D eigenvalue weighted by molar-refractivity contribution is 0.399. The Morgan fingerprint density at radius 2 is 1.82 bits per heavy atom. The summed E-state index contributed by atoms with van der Waals surface area (Å²) in [6.07, 6.45) is 1.82. The summed E-state index contributed by atoms with van der Waals surface area (Å²) < 4.78 is 5.69. The lowest BCUT2D eigenvalue weighted by Crippen LogP contribution is -2.45. The summed E-state index contributed by atoms with van der Waals surface area (Å²) in [4.78, 5) is 6.67. The van der Waals surface area contributed by atoms with Crippen molar-refractivity contribution >= 4 is 22.9 Å². The minimum atomic E-state index is -0.168. The van der Waals surface area contributed by atoms with E-state index in [1.165, 1.54) is 0 Å². The maximum atomic E-state index is 5.69. The Kier molecular flexibility index (Phi) is 5.04. The number of allylic oxidation sites excluding steroid dienone is 1. The molecule has 0 bridgehead atoms. The third-order valence-corrected chi connectivity index (χ3v) is 5.07. The standard InChI is InChI=1S/C22H20N4OS/c1-3-14-26-15(2)18(19(23-22(26)28)16-10-6-4-7-11-16)21-24-20(25-27-21)17-12-8-5-9-13-17/h3-13,19H,1,14H2,2H3,(H,23,28). The number of benzene rings is 2. The van der Waals surface area contributed by atoms with Gasteiger partial charge in [-0.2, -0.15) is 4.98 Å². The van der Waals surface area contributed by atoms with E-state index in [2.05, 4.69) is 34.2 Å². The van der Waals surface area contributed by atoms with Gasteiger partial charge in [-0.15, -0.1) is 6.58 Å². The van der Waals surface area contributed by atoms with Crippen LogP contribution in [0.5, 0.6) is 0 Å². The summed E-state index contributed by atoms with van der Waals surface area (Å²) >= 11 is 5.60. The average molecular weight is 388 g/mol. The Hall–Kier alpha value is -3.25. The molecule has 6 heteroatoms. The van der Waals surface area contributed by atoms with E-state index in [1.54, 1.807) is 0 Å². The van der Waals surface area contributed by atoms with E-state index in [4.69, 9.17) is 16.7 Å². The molecule has 0 spiro atoms. The molecular formula is C22H20N4OS. The molecule has 1 unspecified atom stereocenters. The van der Waals surface area contributed by atoms with Crippen molar-refractivity contribution in [3.8, 4) is 11.4 Å². The summed E-state index contributed by atoms with van der Waals surface area (Å²) in [5, 5.41) is 8.26. The molecule has 2 heterocycles. The number of nitrogens with one attached hydrogen (secondary N) is 1. The normalized spacial score (nSPS) is 16.8. The first-order valence-electron chi connectivity index (χ1n) is 9.03. The van der Waals surface area contributed by atoms with Crippen LogP contribution in [0.25, 0.3) is 17.0 Å². The number of hydrogen-bond acceptors (Lipinski definition) is 4. The summed E-state index contributed by atoms with van der Waals surface area (Å²) in [5.41, 5.74) is 3.88. The number of nitrogens with zero attached hydrogens (tertiary/aromatic N) is 3. The van der Waals surface area contributed by atoms with Crippen molar-refractivity contribution in [2.75, 3.05) is 6.54 Å². The van der Waals surface area contributed by atoms with Crippen LogP contribution in [0, 0.1) is 0 Å². The third kappa shape index (κ3) is 3.34. The first-order valence-corrected chi connectivity index (χ1v) is 9.44. The van der Waals surface area contributed by atoms with Gasteiger partial charge in [-0.3, -0.25) is 0 Å². The fourth-order valence-electron chi connectivity index (χ4n) is 3.34. The van der Waals surface area contributed by atoms with Crippen LogP contribution < -0.4 is 5.32 Å². The van der Waals surface area contributed by atoms with Crippen molar-refractivity contribution in [1.82, 2.24) is 20.4 Å². The van der Waals surface area contributed by atoms with Gasteiger partial charge in [-0.25, -0.2) is 0 Å². The Morgan fingerprint density at radius 1 is 1.14 bits per heavy atom. The van der Waals surface area contributed by atoms with Crippen molar-refractivity contribution in [1.29, 1.82) is 0 Å². The largest absolute Gasteiger partial charge is 0.351 e. The zero-order valence-electron chi connectivity index (χ0n) is 15.5. The molecule has 0 saturated carbocycles. The molecule has 1 aromatic heterocycles. The maximum absolute atomic E-state index is 5.69. The Balaban J connectivity index is 1.82. The Labute approximate surface area is 169 Å². The Bertz CT molecular complexity index is 1030. The predicted molar refractivity (Wildman–Crippen MR) is 114 cm³/mol. The average Bonchev–Trinajstić information content (AvgIpc) is 3.22. The van der Waals surface area contributed by atoms with E-state index >= 15 is 0 Å². The molecule has 3 aromatic rings. The summed E-state index contributed by atoms with van der Waals surface area (Å²) in [5.74, 6) is 1.04. The summed E-state index contributed by atoms with van der Waals surface area (Å²) in [6.45, 7) is 6.46. The molecule has 4 rings (SSSR count). The fourth-order valence-corrected chi connectivity index (χ4v) is 3.67. The molecule has 1 aliphatic rings. The second-order valence-electron chi connectivity index (χ2n) is 6.48. The minimum Gasteiger partial charge on any atom is -0.351 e. The number of thiocarbonyl (C=S) groups is 1. The first-order chi connectivity index (χ1) is 13.7. The van der Waals surface area contributed by atoms with Gasteiger partial charge < -0.3 is 14.7 Å². The fraction of sp³-hybridized carbons (Fsp3) is 0.136. The van der Waals surface area contributed by atoms with Crippen molar-refractivity contribution in [3.05, 3.63) is 90.5 Å². The van der Waals surface area contributed by atoms with Crippen LogP contribution in [0.4, 0.5) is 0 Å². The van der Waals surface area contributed by atoms with Crippen molar-refractivity contribution in [2.45, 2.75) is 13.0 Å². The zero-order valence-corrected chi connectivity index (χ0v) is 16.3. The van der Waals surface area contributed by atoms with Gasteiger partial charge in [0.05, 0.1) is 11.6 Å². The molecular weight excluding hydrogens is 368 g/mol. The summed E-state index contributed by atoms with van der Waals surface area (Å²) in [6, 6.07) is 19.7. The molecule has 0 aliphatic carbocycles. The second-order valence-corrected chi connectivity index (χ2v) is 6.87. The molecule has 5 nitrogen and oxygen atoms in total. The van der Waals surface area contributed by atoms with Crippen LogP contribution in [0.1, 0.15) is 24.4 Å². The highest BCUT2D eigenvalue weighted by molar-refractivity contribution is 7.80. The van der Waals surface area contributed by atoms with Gasteiger partial charge in [0, 0.05) is 17.8 Å². The van der Waals surface area contributed by atoms with E-state index < -0.39 is 0 Å². The van der Waals surface area contributed by atoms with Gasteiger partial charge in [0.1, 0.15) is 0 Å². The molecule has 28 heavy (non-hydrogen) atoms. The van der Waals surface area contributed by atoms with Gasteiger partial charge in [0.15, 0.2) is 5.11 Å². The number of rotatable bonds is 5. The van der Waals surface area contributed by atoms with Crippen LogP contribution in [-0.2, 0) is 0 Å². The lowest BCUT2D eigenvalue weighted by atomic mass is 9.95. The van der Waals surface area contributed by atoms with Gasteiger partial charge in [0.25, 0.3) is 5.89 Å². The van der Waals surface area contributed by atoms with E-state index in [1.807, 2.05) is 66.4 Å². The predicted octanol–water partition coefficient (Wildman–Crippen LogP) is 4.59. The van der Waals surface area contributed by atoms with Gasteiger partial charge >= 0.3 is 0 Å². The van der Waals surface area contributed by atoms with E-state index in [9.17, 15) is 0 Å². The first kappa shape index (κ1) is 18.1. The van der Waals surface area contributed by atoms with Crippen molar-refractivity contribution in [2.24, 2.45) is 0 Å². The molecule has 140 valence electrons. The SMILES string of the molecule is C=CCN1C(=S)NC(c2ccccc2)C(c2nc(-c3ccccc3)no2)=C1C. The molecule has 0 radical (unpaired) electrons. The monoisotopic (exact) mass is 388 g/mol. The molecule has 1 N–H and O–H groups in total. The maximum Gasteiger partial charge on any atom is 0.258 e. The third-order valence-electron chi connectivity index (χ3n) is 4.73. The molecule has 0 amide bonds. The number of aromatic nitrogens is 2. The quantitative estimate of drug-likeness (QED) is 0.510. The topological polar surface area (TPSA) is 54.2 Å². The molecule has 0 saturated heterocycles. The van der Waals surface area contributed by atoms with E-state index in [0.29, 0.717) is 23.4 Å². The Morgan fingerprint density at radius 3 is 2.50 bits per heavy atom. The van der Waals surface area contributed by atoms with Crippen molar-refractivity contribution < 1.29 is 4.52 Å². The second kappa shape index (κ2) is 7.78. The molecule has 1 atom stereocenters. The highest BCUT2D eigenvalue weighted by Gasteiger charge is 2.33. The summed E-state index contributed by atoms with van der Waals surface area (Å²) in [7, 11) is 0. The van der Waals surface area contributed by atoms with Gasteiger partial charge in [0.2, 0.25) is 5.82 Å². The lowest BCUT2D eigenvalue weighted by Gasteiger charge is -2.36. The van der Waals surface area contributed by atoms with Crippen LogP contribution in [-0.4, -0.2) is 26.7 Å². The zero-order chi connectivity index (χ0) is 19.5. The highest BCUT2D eigenvalue weighted by atomic mass is 32.1. The molecule has 1 aliphatic heterocycles. The van der Waals surface area contributed by atoms with Gasteiger partial charge in [-0.1, -0.05) is 71.9 Å². The van der Waals surface area contributed by atoms with E-state index in [0.717, 1.165) is 22.4 Å².